The zero-order valence-corrected chi connectivity index (χ0v) is 10.3. The fourth-order valence-corrected chi connectivity index (χ4v) is 3.06. The summed E-state index contributed by atoms with van der Waals surface area (Å²) >= 11 is 1.62. The lowest BCUT2D eigenvalue weighted by Gasteiger charge is -2.09. The Balaban J connectivity index is 2.13. The quantitative estimate of drug-likeness (QED) is 0.769. The van der Waals surface area contributed by atoms with Crippen molar-refractivity contribution in [2.45, 2.75) is 25.0 Å². The molecule has 0 saturated carbocycles. The van der Waals surface area contributed by atoms with Crippen molar-refractivity contribution in [3.8, 4) is 0 Å². The van der Waals surface area contributed by atoms with Gasteiger partial charge in [-0.2, -0.15) is 0 Å². The summed E-state index contributed by atoms with van der Waals surface area (Å²) in [5, 5.41) is 11.7. The van der Waals surface area contributed by atoms with Gasteiger partial charge in [0.15, 0.2) is 0 Å². The summed E-state index contributed by atoms with van der Waals surface area (Å²) in [5.41, 5.74) is 1.04. The molecule has 0 aliphatic carbocycles. The van der Waals surface area contributed by atoms with Crippen LogP contribution >= 0.6 is 11.8 Å². The lowest BCUT2D eigenvalue weighted by atomic mass is 10.2. The maximum absolute atomic E-state index is 11.9. The van der Waals surface area contributed by atoms with Gasteiger partial charge in [0, 0.05) is 11.9 Å². The van der Waals surface area contributed by atoms with Crippen molar-refractivity contribution in [1.82, 2.24) is 4.98 Å². The average molecular weight is 254 g/mol. The van der Waals surface area contributed by atoms with Gasteiger partial charge in [-0.15, -0.1) is 11.8 Å². The predicted octanol–water partition coefficient (Wildman–Crippen LogP) is 1.86. The zero-order chi connectivity index (χ0) is 12.4. The number of aryl methyl sites for hydroxylation is 1. The Kier molecular flexibility index (Phi) is 3.42. The van der Waals surface area contributed by atoms with Crippen molar-refractivity contribution in [3.05, 3.63) is 17.5 Å². The molecule has 6 heteroatoms. The Labute approximate surface area is 103 Å². The molecule has 1 aromatic rings. The third-order valence-electron chi connectivity index (χ3n) is 2.77. The van der Waals surface area contributed by atoms with Crippen LogP contribution in [0.2, 0.25) is 0 Å². The first kappa shape index (κ1) is 12.0. The number of carbonyl (C=O) groups is 2. The number of aromatic nitrogens is 1. The van der Waals surface area contributed by atoms with Crippen LogP contribution in [0.1, 0.15) is 28.9 Å². The van der Waals surface area contributed by atoms with Crippen molar-refractivity contribution < 1.29 is 14.7 Å². The molecular formula is C11H14N2O3S. The molecule has 1 aliphatic rings. The minimum Gasteiger partial charge on any atom is -0.478 e. The predicted molar refractivity (Wildman–Crippen MR) is 66.6 cm³/mol. The van der Waals surface area contributed by atoms with E-state index in [1.54, 1.807) is 18.7 Å². The Morgan fingerprint density at radius 1 is 1.59 bits per heavy atom. The molecule has 92 valence electrons. The summed E-state index contributed by atoms with van der Waals surface area (Å²) in [4.78, 5) is 25.7. The average Bonchev–Trinajstić information content (AvgIpc) is 2.87. The summed E-state index contributed by atoms with van der Waals surface area (Å²) in [7, 11) is 0. The highest BCUT2D eigenvalue weighted by Crippen LogP contribution is 2.28. The number of carboxylic acids is 1. The zero-order valence-electron chi connectivity index (χ0n) is 9.45. The monoisotopic (exact) mass is 254 g/mol. The van der Waals surface area contributed by atoms with Gasteiger partial charge in [-0.25, -0.2) is 4.79 Å². The topological polar surface area (TPSA) is 82.2 Å². The van der Waals surface area contributed by atoms with Crippen LogP contribution in [0.15, 0.2) is 6.20 Å². The van der Waals surface area contributed by atoms with Crippen molar-refractivity contribution in [2.24, 2.45) is 0 Å². The van der Waals surface area contributed by atoms with Crippen LogP contribution in [0.3, 0.4) is 0 Å². The van der Waals surface area contributed by atoms with Crippen LogP contribution in [0.5, 0.6) is 0 Å². The van der Waals surface area contributed by atoms with Gasteiger partial charge in [-0.1, -0.05) is 0 Å². The normalized spacial score (nSPS) is 19.2. The molecule has 1 aliphatic heterocycles. The van der Waals surface area contributed by atoms with Crippen molar-refractivity contribution >= 4 is 29.3 Å². The number of amides is 1. The van der Waals surface area contributed by atoms with Crippen LogP contribution in [-0.4, -0.2) is 33.0 Å². The summed E-state index contributed by atoms with van der Waals surface area (Å²) in [5.74, 6) is -0.136. The highest BCUT2D eigenvalue weighted by Gasteiger charge is 2.25. The smallest absolute Gasteiger partial charge is 0.339 e. The van der Waals surface area contributed by atoms with E-state index in [9.17, 15) is 9.59 Å². The molecule has 5 nitrogen and oxygen atoms in total. The molecule has 2 heterocycles. The molecule has 0 spiro atoms. The number of rotatable bonds is 3. The molecular weight excluding hydrogens is 240 g/mol. The van der Waals surface area contributed by atoms with Crippen molar-refractivity contribution in [1.29, 1.82) is 0 Å². The van der Waals surface area contributed by atoms with Gasteiger partial charge < -0.3 is 15.4 Å². The molecule has 0 bridgehead atoms. The number of carboxylic acid groups (broad SMARTS) is 1. The molecule has 0 aromatic carbocycles. The summed E-state index contributed by atoms with van der Waals surface area (Å²) in [6, 6.07) is 0. The first-order valence-electron chi connectivity index (χ1n) is 5.43. The van der Waals surface area contributed by atoms with Gasteiger partial charge in [-0.05, 0) is 25.5 Å². The van der Waals surface area contributed by atoms with E-state index in [1.807, 2.05) is 0 Å². The van der Waals surface area contributed by atoms with E-state index in [-0.39, 0.29) is 16.7 Å². The molecule has 0 radical (unpaired) electrons. The summed E-state index contributed by atoms with van der Waals surface area (Å²) in [6.45, 7) is 1.67. The second-order valence-corrected chi connectivity index (χ2v) is 5.31. The number of hydrogen-bond acceptors (Lipinski definition) is 3. The van der Waals surface area contributed by atoms with Gasteiger partial charge in [0.1, 0.15) is 5.56 Å². The van der Waals surface area contributed by atoms with E-state index in [0.29, 0.717) is 11.4 Å². The number of aromatic carboxylic acids is 1. The molecule has 1 aromatic heterocycles. The molecule has 1 saturated heterocycles. The maximum Gasteiger partial charge on any atom is 0.339 e. The number of H-pyrrole nitrogens is 1. The molecule has 17 heavy (non-hydrogen) atoms. The molecule has 3 N–H and O–H groups in total. The van der Waals surface area contributed by atoms with Crippen molar-refractivity contribution in [2.75, 3.05) is 11.1 Å². The number of hydrogen-bond donors (Lipinski definition) is 3. The maximum atomic E-state index is 11.9. The number of carbonyl (C=O) groups excluding carboxylic acids is 1. The third-order valence-corrected chi connectivity index (χ3v) is 4.15. The molecule has 2 rings (SSSR count). The Morgan fingerprint density at radius 2 is 2.35 bits per heavy atom. The minimum atomic E-state index is -1.03. The molecule has 1 fully saturated rings. The van der Waals surface area contributed by atoms with Gasteiger partial charge in [0.25, 0.3) is 0 Å². The highest BCUT2D eigenvalue weighted by molar-refractivity contribution is 8.00. The van der Waals surface area contributed by atoms with Crippen LogP contribution < -0.4 is 5.32 Å². The van der Waals surface area contributed by atoms with E-state index in [0.717, 1.165) is 18.6 Å². The summed E-state index contributed by atoms with van der Waals surface area (Å²) < 4.78 is 0. The van der Waals surface area contributed by atoms with Crippen LogP contribution in [-0.2, 0) is 4.79 Å². The number of aromatic amines is 1. The third kappa shape index (κ3) is 2.46. The van der Waals surface area contributed by atoms with Crippen LogP contribution in [0.25, 0.3) is 0 Å². The fourth-order valence-electron chi connectivity index (χ4n) is 1.90. The molecule has 1 atom stereocenters. The van der Waals surface area contributed by atoms with E-state index < -0.39 is 5.97 Å². The van der Waals surface area contributed by atoms with Crippen LogP contribution in [0.4, 0.5) is 5.69 Å². The van der Waals surface area contributed by atoms with Gasteiger partial charge >= 0.3 is 5.97 Å². The number of thioether (sulfide) groups is 1. The Morgan fingerprint density at radius 3 is 2.94 bits per heavy atom. The number of anilines is 1. The fraction of sp³-hybridized carbons (Fsp3) is 0.455. The van der Waals surface area contributed by atoms with Crippen molar-refractivity contribution in [3.63, 3.8) is 0 Å². The summed E-state index contributed by atoms with van der Waals surface area (Å²) in [6.07, 6.45) is 3.43. The SMILES string of the molecule is Cc1[nH]cc(NC(=O)C2CCCS2)c1C(=O)O. The Bertz CT molecular complexity index is 450. The molecule has 1 unspecified atom stereocenters. The minimum absolute atomic E-state index is 0.0492. The van der Waals surface area contributed by atoms with Gasteiger partial charge in [-0.3, -0.25) is 4.79 Å². The molecule has 1 amide bonds. The second kappa shape index (κ2) is 4.83. The first-order valence-corrected chi connectivity index (χ1v) is 6.48. The lowest BCUT2D eigenvalue weighted by Crippen LogP contribution is -2.23. The number of nitrogens with one attached hydrogen (secondary N) is 2. The van der Waals surface area contributed by atoms with E-state index in [1.165, 1.54) is 6.20 Å². The second-order valence-electron chi connectivity index (χ2n) is 4.00. The largest absolute Gasteiger partial charge is 0.478 e. The highest BCUT2D eigenvalue weighted by atomic mass is 32.2. The van der Waals surface area contributed by atoms with E-state index in [4.69, 9.17) is 5.11 Å². The van der Waals surface area contributed by atoms with E-state index >= 15 is 0 Å². The lowest BCUT2D eigenvalue weighted by molar-refractivity contribution is -0.115. The van der Waals surface area contributed by atoms with Gasteiger partial charge in [0.05, 0.1) is 10.9 Å². The first-order chi connectivity index (χ1) is 8.09. The Hall–Kier alpha value is -1.43. The van der Waals surface area contributed by atoms with Gasteiger partial charge in [0.2, 0.25) is 5.91 Å². The van der Waals surface area contributed by atoms with E-state index in [2.05, 4.69) is 10.3 Å². The van der Waals surface area contributed by atoms with Crippen LogP contribution in [0, 0.1) is 6.92 Å². The standard InChI is InChI=1S/C11H14N2O3S/c1-6-9(11(15)16)7(5-12-6)13-10(14)8-3-2-4-17-8/h5,8,12H,2-4H2,1H3,(H,13,14)(H,15,16).